The van der Waals surface area contributed by atoms with Crippen LogP contribution in [0.15, 0.2) is 42.2 Å². The third-order valence-electron chi connectivity index (χ3n) is 3.90. The Hall–Kier alpha value is -2.56. The van der Waals surface area contributed by atoms with Crippen molar-refractivity contribution in [2.24, 2.45) is 0 Å². The number of para-hydroxylation sites is 1. The van der Waals surface area contributed by atoms with Gasteiger partial charge in [0.05, 0.1) is 0 Å². The molecular weight excluding hydrogens is 266 g/mol. The van der Waals surface area contributed by atoms with Gasteiger partial charge in [-0.25, -0.2) is 0 Å². The average molecular weight is 283 g/mol. The topological polar surface area (TPSA) is 65.2 Å². The maximum absolute atomic E-state index is 12.4. The predicted molar refractivity (Wildman–Crippen MR) is 80.5 cm³/mol. The molecule has 1 aromatic heterocycles. The summed E-state index contributed by atoms with van der Waals surface area (Å²) in [6.07, 6.45) is 4.03. The minimum atomic E-state index is -0.523. The largest absolute Gasteiger partial charge is 0.361 e. The molecule has 1 atom stereocenters. The number of nitrogens with zero attached hydrogens (tertiary/aromatic N) is 1. The van der Waals surface area contributed by atoms with Crippen molar-refractivity contribution in [3.05, 3.63) is 47.8 Å². The molecule has 0 spiro atoms. The van der Waals surface area contributed by atoms with Gasteiger partial charge in [0, 0.05) is 30.6 Å². The lowest BCUT2D eigenvalue weighted by Gasteiger charge is -2.31. The van der Waals surface area contributed by atoms with Crippen LogP contribution in [0, 0.1) is 0 Å². The molecule has 1 aliphatic heterocycles. The monoisotopic (exact) mass is 283 g/mol. The van der Waals surface area contributed by atoms with Crippen LogP contribution < -0.4 is 5.32 Å². The van der Waals surface area contributed by atoms with Crippen LogP contribution in [0.25, 0.3) is 10.9 Å². The molecule has 2 heterocycles. The van der Waals surface area contributed by atoms with Crippen LogP contribution in [0.1, 0.15) is 12.5 Å². The molecule has 2 amide bonds. The number of nitrogens with one attached hydrogen (secondary N) is 2. The molecule has 5 nitrogen and oxygen atoms in total. The molecule has 2 N–H and O–H groups in total. The normalized spacial score (nSPS) is 21.1. The van der Waals surface area contributed by atoms with E-state index >= 15 is 0 Å². The molecule has 1 saturated heterocycles. The Labute approximate surface area is 122 Å². The maximum Gasteiger partial charge on any atom is 0.268 e. The summed E-state index contributed by atoms with van der Waals surface area (Å²) < 4.78 is 0. The molecule has 1 aliphatic rings. The number of benzene rings is 1. The first-order valence-corrected chi connectivity index (χ1v) is 6.91. The molecule has 0 aliphatic carbocycles. The summed E-state index contributed by atoms with van der Waals surface area (Å²) in [5, 5.41) is 3.87. The number of likely N-dealkylation sites (N-methyl/N-ethyl adjacent to an activating group) is 1. The highest BCUT2D eigenvalue weighted by Gasteiger charge is 2.34. The molecule has 0 bridgehead atoms. The number of aromatic amines is 1. The van der Waals surface area contributed by atoms with Crippen LogP contribution in [-0.4, -0.2) is 34.8 Å². The maximum atomic E-state index is 12.4. The highest BCUT2D eigenvalue weighted by molar-refractivity contribution is 6.04. The number of hydrogen-bond acceptors (Lipinski definition) is 2. The number of carbonyl (C=O) groups is 2. The second-order valence-electron chi connectivity index (χ2n) is 5.16. The Balaban J connectivity index is 1.88. The van der Waals surface area contributed by atoms with Gasteiger partial charge in [-0.15, -0.1) is 0 Å². The van der Waals surface area contributed by atoms with Gasteiger partial charge in [-0.3, -0.25) is 9.59 Å². The molecular formula is C16H17N3O2. The SMILES string of the molecule is CC=C1C(=O)NC(Cc2c[nH]c3ccccc23)C(=O)N1C. The number of fused-ring (bicyclic) bond motifs is 1. The van der Waals surface area contributed by atoms with Gasteiger partial charge < -0.3 is 15.2 Å². The Bertz CT molecular complexity index is 745. The van der Waals surface area contributed by atoms with E-state index in [0.717, 1.165) is 16.5 Å². The van der Waals surface area contributed by atoms with E-state index in [1.54, 1.807) is 20.0 Å². The lowest BCUT2D eigenvalue weighted by Crippen LogP contribution is -2.56. The van der Waals surface area contributed by atoms with E-state index in [9.17, 15) is 9.59 Å². The van der Waals surface area contributed by atoms with Crippen molar-refractivity contribution < 1.29 is 9.59 Å². The van der Waals surface area contributed by atoms with Crippen LogP contribution in [0.4, 0.5) is 0 Å². The first kappa shape index (κ1) is 13.4. The molecule has 0 radical (unpaired) electrons. The van der Waals surface area contributed by atoms with E-state index in [1.165, 1.54) is 4.90 Å². The van der Waals surface area contributed by atoms with Crippen LogP contribution in [0.2, 0.25) is 0 Å². The summed E-state index contributed by atoms with van der Waals surface area (Å²) in [6.45, 7) is 1.75. The van der Waals surface area contributed by atoms with Gasteiger partial charge in [-0.05, 0) is 18.6 Å². The molecule has 0 saturated carbocycles. The Morgan fingerprint density at radius 1 is 1.29 bits per heavy atom. The van der Waals surface area contributed by atoms with Gasteiger partial charge in [0.15, 0.2) is 0 Å². The number of H-pyrrole nitrogens is 1. The van der Waals surface area contributed by atoms with Crippen LogP contribution in [0.3, 0.4) is 0 Å². The van der Waals surface area contributed by atoms with Crippen molar-refractivity contribution in [3.63, 3.8) is 0 Å². The molecule has 5 heteroatoms. The van der Waals surface area contributed by atoms with Gasteiger partial charge in [0.1, 0.15) is 11.7 Å². The van der Waals surface area contributed by atoms with Gasteiger partial charge >= 0.3 is 0 Å². The van der Waals surface area contributed by atoms with E-state index < -0.39 is 6.04 Å². The predicted octanol–water partition coefficient (Wildman–Crippen LogP) is 1.57. The zero-order valence-corrected chi connectivity index (χ0v) is 12.0. The molecule has 108 valence electrons. The average Bonchev–Trinajstić information content (AvgIpc) is 2.88. The number of amides is 2. The fraction of sp³-hybridized carbons (Fsp3) is 0.250. The third-order valence-corrected chi connectivity index (χ3v) is 3.90. The first-order chi connectivity index (χ1) is 10.1. The van der Waals surface area contributed by atoms with E-state index in [2.05, 4.69) is 10.3 Å². The second-order valence-corrected chi connectivity index (χ2v) is 5.16. The smallest absolute Gasteiger partial charge is 0.268 e. The van der Waals surface area contributed by atoms with Crippen LogP contribution in [0.5, 0.6) is 0 Å². The summed E-state index contributed by atoms with van der Waals surface area (Å²) in [5.41, 5.74) is 2.46. The van der Waals surface area contributed by atoms with Gasteiger partial charge in [0.2, 0.25) is 5.91 Å². The number of hydrogen-bond donors (Lipinski definition) is 2. The zero-order chi connectivity index (χ0) is 15.0. The standard InChI is InChI=1S/C16H17N3O2/c1-3-14-15(20)18-13(16(21)19(14)2)8-10-9-17-12-7-5-4-6-11(10)12/h3-7,9,13,17H,8H2,1-2H3,(H,18,20). The van der Waals surface area contributed by atoms with E-state index in [4.69, 9.17) is 0 Å². The van der Waals surface area contributed by atoms with Crippen molar-refractivity contribution >= 4 is 22.7 Å². The number of aromatic nitrogens is 1. The minimum absolute atomic E-state index is 0.0898. The van der Waals surface area contributed by atoms with Crippen LogP contribution >= 0.6 is 0 Å². The number of piperazine rings is 1. The van der Waals surface area contributed by atoms with E-state index in [-0.39, 0.29) is 11.8 Å². The second kappa shape index (κ2) is 5.09. The number of carbonyl (C=O) groups excluding carboxylic acids is 2. The van der Waals surface area contributed by atoms with Gasteiger partial charge in [0.25, 0.3) is 5.91 Å². The highest BCUT2D eigenvalue weighted by Crippen LogP contribution is 2.21. The summed E-state index contributed by atoms with van der Waals surface area (Å²) in [7, 11) is 1.64. The quantitative estimate of drug-likeness (QED) is 0.822. The lowest BCUT2D eigenvalue weighted by molar-refractivity contribution is -0.138. The first-order valence-electron chi connectivity index (χ1n) is 6.91. The van der Waals surface area contributed by atoms with E-state index in [0.29, 0.717) is 12.1 Å². The van der Waals surface area contributed by atoms with Gasteiger partial charge in [-0.1, -0.05) is 24.3 Å². The van der Waals surface area contributed by atoms with Crippen molar-refractivity contribution in [3.8, 4) is 0 Å². The van der Waals surface area contributed by atoms with Crippen molar-refractivity contribution in [1.82, 2.24) is 15.2 Å². The van der Waals surface area contributed by atoms with Crippen LogP contribution in [-0.2, 0) is 16.0 Å². The fourth-order valence-corrected chi connectivity index (χ4v) is 2.78. The number of rotatable bonds is 2. The molecule has 2 aromatic rings. The lowest BCUT2D eigenvalue weighted by atomic mass is 10.0. The molecule has 21 heavy (non-hydrogen) atoms. The van der Waals surface area contributed by atoms with E-state index in [1.807, 2.05) is 30.5 Å². The zero-order valence-electron chi connectivity index (χ0n) is 12.0. The molecule has 1 fully saturated rings. The Morgan fingerprint density at radius 3 is 2.81 bits per heavy atom. The van der Waals surface area contributed by atoms with Gasteiger partial charge in [-0.2, -0.15) is 0 Å². The summed E-state index contributed by atoms with van der Waals surface area (Å²) in [6, 6.07) is 7.40. The summed E-state index contributed by atoms with van der Waals surface area (Å²) in [5.74, 6) is -0.294. The summed E-state index contributed by atoms with van der Waals surface area (Å²) in [4.78, 5) is 29.0. The van der Waals surface area contributed by atoms with Crippen molar-refractivity contribution in [2.75, 3.05) is 7.05 Å². The fourth-order valence-electron chi connectivity index (χ4n) is 2.78. The molecule has 1 aromatic carbocycles. The summed E-state index contributed by atoms with van der Waals surface area (Å²) >= 11 is 0. The minimum Gasteiger partial charge on any atom is -0.361 e. The van der Waals surface area contributed by atoms with Crippen molar-refractivity contribution in [2.45, 2.75) is 19.4 Å². The highest BCUT2D eigenvalue weighted by atomic mass is 16.2. The van der Waals surface area contributed by atoms with Crippen molar-refractivity contribution in [1.29, 1.82) is 0 Å². The Kier molecular flexibility index (Phi) is 3.25. The third kappa shape index (κ3) is 2.20. The Morgan fingerprint density at radius 2 is 2.05 bits per heavy atom. The molecule has 3 rings (SSSR count). The molecule has 1 unspecified atom stereocenters. The number of allylic oxidation sites excluding steroid dienone is 1.